The maximum Gasteiger partial charge on any atom is 0.253 e. The first-order valence-corrected chi connectivity index (χ1v) is 3.86. The van der Waals surface area contributed by atoms with Gasteiger partial charge in [-0.2, -0.15) is 0 Å². The molecule has 0 bridgehead atoms. The third-order valence-electron chi connectivity index (χ3n) is 1.33. The molecule has 5 heteroatoms. The molecular weight excluding hydrogens is 227 g/mol. The Morgan fingerprint density at radius 2 is 2.08 bits per heavy atom. The van der Waals surface area contributed by atoms with Gasteiger partial charge in [0.2, 0.25) is 0 Å². The van der Waals surface area contributed by atoms with Gasteiger partial charge >= 0.3 is 0 Å². The second-order valence-corrected chi connectivity index (χ2v) is 3.13. The lowest BCUT2D eigenvalue weighted by Crippen LogP contribution is -2.15. The molecule has 0 saturated carbocycles. The van der Waals surface area contributed by atoms with Crippen LogP contribution in [-0.2, 0) is 0 Å². The van der Waals surface area contributed by atoms with Crippen molar-refractivity contribution in [2.45, 2.75) is 0 Å². The van der Waals surface area contributed by atoms with Crippen LogP contribution in [0.5, 0.6) is 0 Å². The van der Waals surface area contributed by atoms with Gasteiger partial charge < -0.3 is 11.5 Å². The molecule has 1 rings (SSSR count). The average molecular weight is 233 g/mol. The van der Waals surface area contributed by atoms with E-state index < -0.39 is 11.7 Å². The Kier molecular flexibility index (Phi) is 2.32. The minimum Gasteiger partial charge on any atom is -0.398 e. The van der Waals surface area contributed by atoms with Crippen LogP contribution in [-0.4, -0.2) is 5.91 Å². The summed E-state index contributed by atoms with van der Waals surface area (Å²) in [6.45, 7) is 0. The molecule has 12 heavy (non-hydrogen) atoms. The minimum atomic E-state index is -0.863. The van der Waals surface area contributed by atoms with E-state index in [-0.39, 0.29) is 11.3 Å². The van der Waals surface area contributed by atoms with E-state index in [4.69, 9.17) is 11.5 Å². The Hall–Kier alpha value is -1.10. The molecule has 0 unspecified atom stereocenters. The summed E-state index contributed by atoms with van der Waals surface area (Å²) in [5, 5.41) is 0. The summed E-state index contributed by atoms with van der Waals surface area (Å²) in [5.74, 6) is -1.58. The van der Waals surface area contributed by atoms with Gasteiger partial charge in [-0.1, -0.05) is 15.9 Å². The summed E-state index contributed by atoms with van der Waals surface area (Å²) in [5.41, 5.74) is 10.0. The fourth-order valence-electron chi connectivity index (χ4n) is 0.853. The van der Waals surface area contributed by atoms with Gasteiger partial charge in [-0.3, -0.25) is 4.79 Å². The van der Waals surface area contributed by atoms with Gasteiger partial charge in [0.1, 0.15) is 5.82 Å². The maximum absolute atomic E-state index is 13.0. The summed E-state index contributed by atoms with van der Waals surface area (Å²) in [6.07, 6.45) is 0. The van der Waals surface area contributed by atoms with E-state index in [2.05, 4.69) is 15.9 Å². The molecule has 0 aliphatic rings. The molecule has 0 radical (unpaired) electrons. The number of carbonyl (C=O) groups is 1. The predicted octanol–water partition coefficient (Wildman–Crippen LogP) is 1.27. The fraction of sp³-hybridized carbons (Fsp3) is 0. The van der Waals surface area contributed by atoms with Crippen LogP contribution in [0.15, 0.2) is 16.6 Å². The molecule has 0 spiro atoms. The number of benzene rings is 1. The van der Waals surface area contributed by atoms with Crippen molar-refractivity contribution in [1.29, 1.82) is 0 Å². The lowest BCUT2D eigenvalue weighted by molar-refractivity contribution is 0.0997. The number of hydrogen-bond donors (Lipinski definition) is 2. The van der Waals surface area contributed by atoms with Gasteiger partial charge in [-0.25, -0.2) is 4.39 Å². The second-order valence-electron chi connectivity index (χ2n) is 2.22. The van der Waals surface area contributed by atoms with Gasteiger partial charge in [0.15, 0.2) is 0 Å². The first-order valence-electron chi connectivity index (χ1n) is 3.06. The topological polar surface area (TPSA) is 69.1 Å². The van der Waals surface area contributed by atoms with Crippen molar-refractivity contribution in [2.75, 3.05) is 5.73 Å². The highest BCUT2D eigenvalue weighted by atomic mass is 79.9. The van der Waals surface area contributed by atoms with Crippen LogP contribution < -0.4 is 11.5 Å². The third kappa shape index (κ3) is 1.55. The van der Waals surface area contributed by atoms with E-state index in [1.165, 1.54) is 6.07 Å². The van der Waals surface area contributed by atoms with Gasteiger partial charge in [-0.15, -0.1) is 0 Å². The van der Waals surface area contributed by atoms with Crippen LogP contribution in [0.4, 0.5) is 10.1 Å². The van der Waals surface area contributed by atoms with E-state index >= 15 is 0 Å². The number of rotatable bonds is 1. The molecule has 4 N–H and O–H groups in total. The number of amides is 1. The van der Waals surface area contributed by atoms with Gasteiger partial charge in [0, 0.05) is 10.2 Å². The van der Waals surface area contributed by atoms with E-state index in [0.717, 1.165) is 6.07 Å². The molecule has 0 heterocycles. The maximum atomic E-state index is 13.0. The van der Waals surface area contributed by atoms with E-state index in [9.17, 15) is 9.18 Å². The third-order valence-corrected chi connectivity index (χ3v) is 1.79. The number of primary amides is 1. The van der Waals surface area contributed by atoms with Crippen molar-refractivity contribution in [3.8, 4) is 0 Å². The number of nitrogens with two attached hydrogens (primary N) is 2. The lowest BCUT2D eigenvalue weighted by atomic mass is 10.1. The summed E-state index contributed by atoms with van der Waals surface area (Å²) < 4.78 is 13.4. The molecule has 64 valence electrons. The first kappa shape index (κ1) is 8.99. The van der Waals surface area contributed by atoms with Crippen molar-refractivity contribution < 1.29 is 9.18 Å². The van der Waals surface area contributed by atoms with Gasteiger partial charge in [0.25, 0.3) is 5.91 Å². The number of nitrogen functional groups attached to an aromatic ring is 1. The smallest absolute Gasteiger partial charge is 0.253 e. The predicted molar refractivity (Wildman–Crippen MR) is 47.0 cm³/mol. The number of anilines is 1. The van der Waals surface area contributed by atoms with Crippen LogP contribution in [0, 0.1) is 5.82 Å². The summed E-state index contributed by atoms with van der Waals surface area (Å²) >= 11 is 3.02. The van der Waals surface area contributed by atoms with E-state index in [1.807, 2.05) is 0 Å². The van der Waals surface area contributed by atoms with Gasteiger partial charge in [-0.05, 0) is 12.1 Å². The molecule has 0 atom stereocenters. The molecule has 0 fully saturated rings. The van der Waals surface area contributed by atoms with Crippen molar-refractivity contribution in [3.05, 3.63) is 28.0 Å². The normalized spacial score (nSPS) is 9.83. The zero-order valence-corrected chi connectivity index (χ0v) is 7.56. The standard InChI is InChI=1S/C7H6BrFN2O/c8-3-1-4(9)6(7(11)12)5(10)2-3/h1-2H,10H2,(H2,11,12). The quantitative estimate of drug-likeness (QED) is 0.717. The highest BCUT2D eigenvalue weighted by Crippen LogP contribution is 2.21. The lowest BCUT2D eigenvalue weighted by Gasteiger charge is -2.02. The number of halogens is 2. The monoisotopic (exact) mass is 232 g/mol. The van der Waals surface area contributed by atoms with Crippen molar-refractivity contribution >= 4 is 27.5 Å². The van der Waals surface area contributed by atoms with Crippen LogP contribution in [0.2, 0.25) is 0 Å². The summed E-state index contributed by atoms with van der Waals surface area (Å²) in [6, 6.07) is 2.56. The Balaban J connectivity index is 3.38. The van der Waals surface area contributed by atoms with Crippen LogP contribution in [0.1, 0.15) is 10.4 Å². The molecule has 0 aliphatic heterocycles. The highest BCUT2D eigenvalue weighted by molar-refractivity contribution is 9.10. The van der Waals surface area contributed by atoms with E-state index in [1.54, 1.807) is 0 Å². The second kappa shape index (κ2) is 3.10. The number of hydrogen-bond acceptors (Lipinski definition) is 2. The molecule has 0 saturated heterocycles. The van der Waals surface area contributed by atoms with Crippen LogP contribution in [0.3, 0.4) is 0 Å². The van der Waals surface area contributed by atoms with Crippen LogP contribution in [0.25, 0.3) is 0 Å². The minimum absolute atomic E-state index is 0.0365. The number of carbonyl (C=O) groups excluding carboxylic acids is 1. The summed E-state index contributed by atoms with van der Waals surface area (Å²) in [4.78, 5) is 10.6. The molecule has 3 nitrogen and oxygen atoms in total. The Morgan fingerprint density at radius 3 is 2.50 bits per heavy atom. The zero-order valence-electron chi connectivity index (χ0n) is 5.97. The zero-order chi connectivity index (χ0) is 9.30. The average Bonchev–Trinajstić information content (AvgIpc) is 1.82. The Labute approximate surface area is 76.7 Å². The SMILES string of the molecule is NC(=O)c1c(N)cc(Br)cc1F. The van der Waals surface area contributed by atoms with Crippen molar-refractivity contribution in [2.24, 2.45) is 5.73 Å². The molecule has 1 aromatic rings. The fourth-order valence-corrected chi connectivity index (χ4v) is 1.30. The molecule has 0 aromatic heterocycles. The van der Waals surface area contributed by atoms with Crippen LogP contribution >= 0.6 is 15.9 Å². The van der Waals surface area contributed by atoms with Crippen molar-refractivity contribution in [1.82, 2.24) is 0 Å². The highest BCUT2D eigenvalue weighted by Gasteiger charge is 2.12. The first-order chi connectivity index (χ1) is 5.52. The van der Waals surface area contributed by atoms with E-state index in [0.29, 0.717) is 4.47 Å². The molecule has 1 aromatic carbocycles. The molecule has 0 aliphatic carbocycles. The largest absolute Gasteiger partial charge is 0.398 e. The molecule has 1 amide bonds. The molecular formula is C7H6BrFN2O. The van der Waals surface area contributed by atoms with Crippen molar-refractivity contribution in [3.63, 3.8) is 0 Å². The summed E-state index contributed by atoms with van der Waals surface area (Å²) in [7, 11) is 0. The Morgan fingerprint density at radius 1 is 1.50 bits per heavy atom. The Bertz CT molecular complexity index is 317. The van der Waals surface area contributed by atoms with Gasteiger partial charge in [0.05, 0.1) is 5.56 Å².